The lowest BCUT2D eigenvalue weighted by atomic mass is 10.4. The van der Waals surface area contributed by atoms with Crippen LogP contribution in [0, 0.1) is 0 Å². The Morgan fingerprint density at radius 2 is 2.13 bits per heavy atom. The standard InChI is InChI=1S/C12H20N2O/c1-3-4-5-6-12(2)13-11-14-7-9-15-10-8-14/h3-6,13H,1,7-11H2,2H3/b5-4+,12-6-. The van der Waals surface area contributed by atoms with Gasteiger partial charge in [0.15, 0.2) is 0 Å². The lowest BCUT2D eigenvalue weighted by Gasteiger charge is -2.27. The average Bonchev–Trinajstić information content (AvgIpc) is 2.28. The van der Waals surface area contributed by atoms with Crippen molar-refractivity contribution in [1.29, 1.82) is 0 Å². The molecule has 0 amide bonds. The fourth-order valence-electron chi connectivity index (χ4n) is 1.33. The molecule has 1 N–H and O–H groups in total. The molecule has 3 nitrogen and oxygen atoms in total. The molecule has 1 aliphatic heterocycles. The highest BCUT2D eigenvalue weighted by Crippen LogP contribution is 1.96. The molecule has 0 aliphatic carbocycles. The van der Waals surface area contributed by atoms with Gasteiger partial charge in [0, 0.05) is 18.8 Å². The fourth-order valence-corrected chi connectivity index (χ4v) is 1.33. The first-order valence-electron chi connectivity index (χ1n) is 5.33. The summed E-state index contributed by atoms with van der Waals surface area (Å²) in [4.78, 5) is 2.35. The van der Waals surface area contributed by atoms with Crippen molar-refractivity contribution in [2.75, 3.05) is 33.0 Å². The summed E-state index contributed by atoms with van der Waals surface area (Å²) < 4.78 is 5.28. The quantitative estimate of drug-likeness (QED) is 0.693. The number of morpholine rings is 1. The smallest absolute Gasteiger partial charge is 0.0677 e. The van der Waals surface area contributed by atoms with Gasteiger partial charge in [0.05, 0.1) is 19.9 Å². The number of hydrogen-bond acceptors (Lipinski definition) is 3. The van der Waals surface area contributed by atoms with E-state index in [9.17, 15) is 0 Å². The normalized spacial score (nSPS) is 19.4. The van der Waals surface area contributed by atoms with E-state index in [-0.39, 0.29) is 0 Å². The van der Waals surface area contributed by atoms with Crippen molar-refractivity contribution < 1.29 is 4.74 Å². The monoisotopic (exact) mass is 208 g/mol. The molecule has 0 bridgehead atoms. The largest absolute Gasteiger partial charge is 0.379 e. The number of rotatable bonds is 5. The predicted molar refractivity (Wildman–Crippen MR) is 63.5 cm³/mol. The first-order valence-corrected chi connectivity index (χ1v) is 5.33. The maximum absolute atomic E-state index is 5.28. The highest BCUT2D eigenvalue weighted by atomic mass is 16.5. The summed E-state index contributed by atoms with van der Waals surface area (Å²) in [7, 11) is 0. The van der Waals surface area contributed by atoms with Crippen LogP contribution >= 0.6 is 0 Å². The average molecular weight is 208 g/mol. The number of ether oxygens (including phenoxy) is 1. The molecule has 0 radical (unpaired) electrons. The third kappa shape index (κ3) is 5.40. The van der Waals surface area contributed by atoms with Crippen molar-refractivity contribution >= 4 is 0 Å². The van der Waals surface area contributed by atoms with Crippen LogP contribution in [0.15, 0.2) is 36.6 Å². The van der Waals surface area contributed by atoms with E-state index in [4.69, 9.17) is 4.74 Å². The van der Waals surface area contributed by atoms with E-state index in [1.807, 2.05) is 18.2 Å². The van der Waals surface area contributed by atoms with E-state index < -0.39 is 0 Å². The SMILES string of the molecule is C=C/C=C/C=C(/C)NCN1CCOCC1. The second-order valence-corrected chi connectivity index (χ2v) is 3.54. The van der Waals surface area contributed by atoms with Gasteiger partial charge in [-0.25, -0.2) is 0 Å². The topological polar surface area (TPSA) is 24.5 Å². The minimum absolute atomic E-state index is 0.848. The van der Waals surface area contributed by atoms with Crippen LogP contribution in [-0.2, 0) is 4.74 Å². The van der Waals surface area contributed by atoms with E-state index in [0.717, 1.165) is 33.0 Å². The molecule has 1 aliphatic rings. The van der Waals surface area contributed by atoms with Crippen molar-refractivity contribution in [2.24, 2.45) is 0 Å². The van der Waals surface area contributed by atoms with E-state index in [2.05, 4.69) is 23.7 Å². The molecule has 0 aromatic heterocycles. The number of nitrogens with zero attached hydrogens (tertiary/aromatic N) is 1. The Morgan fingerprint density at radius 3 is 2.80 bits per heavy atom. The minimum atomic E-state index is 0.848. The Kier molecular flexibility index (Phi) is 5.81. The molecule has 3 heteroatoms. The van der Waals surface area contributed by atoms with Gasteiger partial charge in [0.2, 0.25) is 0 Å². The van der Waals surface area contributed by atoms with Crippen LogP contribution in [0.2, 0.25) is 0 Å². The molecular weight excluding hydrogens is 188 g/mol. The van der Waals surface area contributed by atoms with Crippen molar-refractivity contribution in [3.63, 3.8) is 0 Å². The molecule has 0 saturated carbocycles. The van der Waals surface area contributed by atoms with Gasteiger partial charge in [-0.05, 0) is 13.0 Å². The second kappa shape index (κ2) is 7.26. The Bertz CT molecular complexity index is 240. The summed E-state index contributed by atoms with van der Waals surface area (Å²) >= 11 is 0. The molecule has 0 unspecified atom stereocenters. The van der Waals surface area contributed by atoms with E-state index in [1.165, 1.54) is 5.70 Å². The van der Waals surface area contributed by atoms with Gasteiger partial charge in [-0.2, -0.15) is 0 Å². The second-order valence-electron chi connectivity index (χ2n) is 3.54. The molecule has 0 atom stereocenters. The third-order valence-electron chi connectivity index (χ3n) is 2.28. The van der Waals surface area contributed by atoms with Crippen LogP contribution in [0.1, 0.15) is 6.92 Å². The molecule has 0 aromatic carbocycles. The minimum Gasteiger partial charge on any atom is -0.379 e. The Morgan fingerprint density at radius 1 is 1.40 bits per heavy atom. The molecular formula is C12H20N2O. The molecule has 0 spiro atoms. The first kappa shape index (κ1) is 12.0. The summed E-state index contributed by atoms with van der Waals surface area (Å²) in [6.45, 7) is 10.3. The predicted octanol–water partition coefficient (Wildman–Crippen LogP) is 1.51. The number of hydrogen-bond donors (Lipinski definition) is 1. The molecule has 1 rings (SSSR count). The van der Waals surface area contributed by atoms with E-state index >= 15 is 0 Å². The third-order valence-corrected chi connectivity index (χ3v) is 2.28. The summed E-state index contributed by atoms with van der Waals surface area (Å²) in [5.41, 5.74) is 1.17. The Labute approximate surface area is 92.1 Å². The zero-order valence-electron chi connectivity index (χ0n) is 9.41. The summed E-state index contributed by atoms with van der Waals surface area (Å²) in [6.07, 6.45) is 7.71. The van der Waals surface area contributed by atoms with Crippen LogP contribution in [0.4, 0.5) is 0 Å². The van der Waals surface area contributed by atoms with Crippen molar-refractivity contribution in [2.45, 2.75) is 6.92 Å². The molecule has 0 aromatic rings. The summed E-state index contributed by atoms with van der Waals surface area (Å²) in [5, 5.41) is 3.36. The molecule has 15 heavy (non-hydrogen) atoms. The van der Waals surface area contributed by atoms with Crippen LogP contribution < -0.4 is 5.32 Å². The van der Waals surface area contributed by atoms with Crippen LogP contribution in [-0.4, -0.2) is 37.9 Å². The zero-order chi connectivity index (χ0) is 10.9. The van der Waals surface area contributed by atoms with Gasteiger partial charge < -0.3 is 10.1 Å². The highest BCUT2D eigenvalue weighted by molar-refractivity contribution is 5.13. The van der Waals surface area contributed by atoms with E-state index in [1.54, 1.807) is 6.08 Å². The van der Waals surface area contributed by atoms with Crippen molar-refractivity contribution in [3.05, 3.63) is 36.6 Å². The Hall–Kier alpha value is -1.06. The number of nitrogens with one attached hydrogen (secondary N) is 1. The lowest BCUT2D eigenvalue weighted by Crippen LogP contribution is -2.41. The Balaban J connectivity index is 2.20. The molecule has 84 valence electrons. The van der Waals surface area contributed by atoms with Gasteiger partial charge in [-0.3, -0.25) is 4.90 Å². The molecule has 1 heterocycles. The van der Waals surface area contributed by atoms with Crippen molar-refractivity contribution in [1.82, 2.24) is 10.2 Å². The highest BCUT2D eigenvalue weighted by Gasteiger charge is 2.08. The van der Waals surface area contributed by atoms with Crippen LogP contribution in [0.25, 0.3) is 0 Å². The van der Waals surface area contributed by atoms with E-state index in [0.29, 0.717) is 0 Å². The van der Waals surface area contributed by atoms with Crippen molar-refractivity contribution in [3.8, 4) is 0 Å². The van der Waals surface area contributed by atoms with Crippen LogP contribution in [0.5, 0.6) is 0 Å². The maximum Gasteiger partial charge on any atom is 0.0677 e. The van der Waals surface area contributed by atoms with Gasteiger partial charge in [0.1, 0.15) is 0 Å². The zero-order valence-corrected chi connectivity index (χ0v) is 9.41. The molecule has 1 fully saturated rings. The van der Waals surface area contributed by atoms with Crippen LogP contribution in [0.3, 0.4) is 0 Å². The number of allylic oxidation sites excluding steroid dienone is 5. The maximum atomic E-state index is 5.28. The summed E-state index contributed by atoms with van der Waals surface area (Å²) in [6, 6.07) is 0. The summed E-state index contributed by atoms with van der Waals surface area (Å²) in [5.74, 6) is 0. The first-order chi connectivity index (χ1) is 7.33. The van der Waals surface area contributed by atoms with Gasteiger partial charge in [-0.1, -0.05) is 24.8 Å². The van der Waals surface area contributed by atoms with Gasteiger partial charge in [-0.15, -0.1) is 0 Å². The van der Waals surface area contributed by atoms with Gasteiger partial charge in [0.25, 0.3) is 0 Å². The molecule has 1 saturated heterocycles. The lowest BCUT2D eigenvalue weighted by molar-refractivity contribution is 0.0355. The van der Waals surface area contributed by atoms with Gasteiger partial charge >= 0.3 is 0 Å². The fraction of sp³-hybridized carbons (Fsp3) is 0.500.